The van der Waals surface area contributed by atoms with Gasteiger partial charge in [0, 0.05) is 43.1 Å². The first kappa shape index (κ1) is 28.6. The molecule has 1 atom stereocenters. The molecule has 0 aliphatic rings. The van der Waals surface area contributed by atoms with Gasteiger partial charge in [0.2, 0.25) is 29.4 Å². The van der Waals surface area contributed by atoms with Gasteiger partial charge in [-0.2, -0.15) is 9.29 Å². The lowest BCUT2D eigenvalue weighted by Crippen LogP contribution is -2.33. The van der Waals surface area contributed by atoms with Crippen LogP contribution in [0.1, 0.15) is 11.1 Å². The van der Waals surface area contributed by atoms with Crippen LogP contribution in [-0.4, -0.2) is 63.9 Å². The van der Waals surface area contributed by atoms with Gasteiger partial charge in [0.25, 0.3) is 0 Å². The molecule has 1 amide bonds. The molecule has 0 bridgehead atoms. The van der Waals surface area contributed by atoms with E-state index >= 15 is 0 Å². The van der Waals surface area contributed by atoms with Gasteiger partial charge in [0.05, 0.1) is 27.5 Å². The van der Waals surface area contributed by atoms with Crippen molar-refractivity contribution in [1.82, 2.24) is 19.6 Å². The van der Waals surface area contributed by atoms with Gasteiger partial charge in [0.15, 0.2) is 23.1 Å². The average molecular weight is 549 g/mol. The van der Waals surface area contributed by atoms with Crippen molar-refractivity contribution in [2.45, 2.75) is 13.5 Å². The molecule has 12 nitrogen and oxygen atoms in total. The van der Waals surface area contributed by atoms with Crippen molar-refractivity contribution in [3.8, 4) is 17.2 Å². The van der Waals surface area contributed by atoms with Crippen LogP contribution in [-0.2, 0) is 22.6 Å². The number of rotatable bonds is 14. The molecule has 0 aliphatic carbocycles. The fourth-order valence-electron chi connectivity index (χ4n) is 3.59. The monoisotopic (exact) mass is 548 g/mol. The van der Waals surface area contributed by atoms with Crippen LogP contribution >= 0.6 is 0 Å². The maximum absolute atomic E-state index is 14.7. The predicted octanol–water partition coefficient (Wildman–Crippen LogP) is 3.12. The smallest absolute Gasteiger partial charge is 0.234 e. The number of benzene rings is 2. The van der Waals surface area contributed by atoms with Crippen LogP contribution in [0.4, 0.5) is 27.5 Å². The summed E-state index contributed by atoms with van der Waals surface area (Å²) in [5, 5.41) is 8.43. The summed E-state index contributed by atoms with van der Waals surface area (Å²) in [4.78, 5) is 18.8. The van der Waals surface area contributed by atoms with E-state index in [4.69, 9.17) is 14.2 Å². The van der Waals surface area contributed by atoms with Crippen molar-refractivity contribution in [2.24, 2.45) is 0 Å². The Morgan fingerprint density at radius 1 is 1.13 bits per heavy atom. The molecular weight excluding hydrogens is 519 g/mol. The molecule has 3 aromatic rings. The van der Waals surface area contributed by atoms with Crippen molar-refractivity contribution < 1.29 is 32.2 Å². The van der Waals surface area contributed by atoms with E-state index in [0.717, 1.165) is 11.8 Å². The standard InChI is InChI=1S/C24H29FN6O6S/c1-15-6-5-7-19(17(15)13-31(38(33)34)9-8-26-14-32)29-23-18(25)12-27-24(30-23)28-16-10-20(35-2)22(37-4)21(11-16)36-3/h5-7,10-12,14H,8-9,13H2,1-4H3,(H,26,32)(H,33,34)(H2,27,28,29,30). The molecule has 1 heterocycles. The zero-order valence-corrected chi connectivity index (χ0v) is 22.1. The molecule has 0 aliphatic heterocycles. The van der Waals surface area contributed by atoms with E-state index in [1.54, 1.807) is 24.3 Å². The van der Waals surface area contributed by atoms with E-state index in [1.807, 2.05) is 13.0 Å². The van der Waals surface area contributed by atoms with Crippen molar-refractivity contribution in [1.29, 1.82) is 0 Å². The highest BCUT2D eigenvalue weighted by Gasteiger charge is 2.18. The Balaban J connectivity index is 1.89. The normalized spacial score (nSPS) is 11.6. The van der Waals surface area contributed by atoms with Gasteiger partial charge >= 0.3 is 0 Å². The topological polar surface area (TPSA) is 147 Å². The van der Waals surface area contributed by atoms with Gasteiger partial charge in [-0.3, -0.25) is 9.35 Å². The Labute approximate surface area is 221 Å². The summed E-state index contributed by atoms with van der Waals surface area (Å²) in [6, 6.07) is 8.62. The SMILES string of the molecule is COc1cc(Nc2ncc(F)c(Nc3cccc(C)c3CN(CCNC=O)S(=O)O)n2)cc(OC)c1OC. The number of aromatic nitrogens is 2. The summed E-state index contributed by atoms with van der Waals surface area (Å²) in [7, 11) is 4.47. The van der Waals surface area contributed by atoms with Gasteiger partial charge in [-0.1, -0.05) is 12.1 Å². The zero-order valence-electron chi connectivity index (χ0n) is 21.3. The number of nitrogens with one attached hydrogen (secondary N) is 3. The van der Waals surface area contributed by atoms with Crippen LogP contribution in [0.2, 0.25) is 0 Å². The number of hydrogen-bond acceptors (Lipinski definition) is 9. The molecule has 2 aromatic carbocycles. The molecule has 0 saturated heterocycles. The minimum atomic E-state index is -2.30. The molecular formula is C24H29FN6O6S. The average Bonchev–Trinajstić information content (AvgIpc) is 2.90. The van der Waals surface area contributed by atoms with E-state index in [1.165, 1.54) is 25.6 Å². The first-order valence-corrected chi connectivity index (χ1v) is 12.4. The van der Waals surface area contributed by atoms with E-state index < -0.39 is 17.1 Å². The fraction of sp³-hybridized carbons (Fsp3) is 0.292. The molecule has 0 fully saturated rings. The van der Waals surface area contributed by atoms with Crippen LogP contribution in [0, 0.1) is 12.7 Å². The van der Waals surface area contributed by atoms with E-state index in [2.05, 4.69) is 25.9 Å². The van der Waals surface area contributed by atoms with Gasteiger partial charge in [-0.25, -0.2) is 13.6 Å². The van der Waals surface area contributed by atoms with Crippen LogP contribution in [0.3, 0.4) is 0 Å². The van der Waals surface area contributed by atoms with Crippen LogP contribution in [0.5, 0.6) is 17.2 Å². The molecule has 38 heavy (non-hydrogen) atoms. The second-order valence-corrected chi connectivity index (χ2v) is 8.80. The third-order valence-corrected chi connectivity index (χ3v) is 6.23. The second kappa shape index (κ2) is 13.5. The quantitative estimate of drug-likeness (QED) is 0.135. The highest BCUT2D eigenvalue weighted by atomic mass is 32.2. The Hall–Kier alpha value is -4.01. The summed E-state index contributed by atoms with van der Waals surface area (Å²) in [5.74, 6) is 0.513. The van der Waals surface area contributed by atoms with Crippen LogP contribution in [0.25, 0.3) is 0 Å². The van der Waals surface area contributed by atoms with Crippen molar-refractivity contribution >= 4 is 40.8 Å². The first-order valence-electron chi connectivity index (χ1n) is 11.3. The van der Waals surface area contributed by atoms with E-state index in [-0.39, 0.29) is 31.4 Å². The largest absolute Gasteiger partial charge is 0.493 e. The zero-order chi connectivity index (χ0) is 27.7. The lowest BCUT2D eigenvalue weighted by Gasteiger charge is -2.21. The molecule has 1 unspecified atom stereocenters. The third kappa shape index (κ3) is 7.06. The number of methoxy groups -OCH3 is 3. The molecule has 3 rings (SSSR count). The maximum atomic E-state index is 14.7. The van der Waals surface area contributed by atoms with Crippen LogP contribution < -0.4 is 30.2 Å². The number of ether oxygens (including phenoxy) is 3. The number of halogens is 1. The van der Waals surface area contributed by atoms with Gasteiger partial charge in [-0.15, -0.1) is 0 Å². The lowest BCUT2D eigenvalue weighted by molar-refractivity contribution is -0.109. The molecule has 0 saturated carbocycles. The van der Waals surface area contributed by atoms with Gasteiger partial charge < -0.3 is 30.2 Å². The lowest BCUT2D eigenvalue weighted by atomic mass is 10.1. The Morgan fingerprint density at radius 2 is 1.84 bits per heavy atom. The number of nitrogens with zero attached hydrogens (tertiary/aromatic N) is 3. The van der Waals surface area contributed by atoms with Crippen molar-refractivity contribution in [3.63, 3.8) is 0 Å². The van der Waals surface area contributed by atoms with Crippen molar-refractivity contribution in [2.75, 3.05) is 45.1 Å². The molecule has 14 heteroatoms. The summed E-state index contributed by atoms with van der Waals surface area (Å²) in [6.45, 7) is 2.19. The molecule has 0 radical (unpaired) electrons. The van der Waals surface area contributed by atoms with Gasteiger partial charge in [-0.05, 0) is 24.1 Å². The van der Waals surface area contributed by atoms with Gasteiger partial charge in [0.1, 0.15) is 0 Å². The summed E-state index contributed by atoms with van der Waals surface area (Å²) in [5.41, 5.74) is 2.45. The number of anilines is 4. The summed E-state index contributed by atoms with van der Waals surface area (Å²) < 4.78 is 53.6. The predicted molar refractivity (Wildman–Crippen MR) is 141 cm³/mol. The molecule has 204 valence electrons. The first-order chi connectivity index (χ1) is 18.3. The maximum Gasteiger partial charge on any atom is 0.234 e. The number of hydrogen-bond donors (Lipinski definition) is 4. The summed E-state index contributed by atoms with van der Waals surface area (Å²) >= 11 is -2.30. The molecule has 0 spiro atoms. The molecule has 4 N–H and O–H groups in total. The third-order valence-electron chi connectivity index (χ3n) is 5.47. The molecule has 1 aromatic heterocycles. The Bertz CT molecular complexity index is 1270. The second-order valence-electron chi connectivity index (χ2n) is 7.82. The van der Waals surface area contributed by atoms with Crippen LogP contribution in [0.15, 0.2) is 36.5 Å². The number of carbonyl (C=O) groups excluding carboxylic acids is 1. The highest BCUT2D eigenvalue weighted by molar-refractivity contribution is 7.76. The number of aryl methyl sites for hydroxylation is 1. The van der Waals surface area contributed by atoms with Crippen molar-refractivity contribution in [3.05, 3.63) is 53.5 Å². The Morgan fingerprint density at radius 3 is 2.45 bits per heavy atom. The Kier molecular flexibility index (Phi) is 10.2. The number of amides is 1. The minimum absolute atomic E-state index is 0.0574. The van der Waals surface area contributed by atoms with E-state index in [9.17, 15) is 17.9 Å². The minimum Gasteiger partial charge on any atom is -0.493 e. The highest BCUT2D eigenvalue weighted by Crippen LogP contribution is 2.40. The summed E-state index contributed by atoms with van der Waals surface area (Å²) in [6.07, 6.45) is 1.53. The fourth-order valence-corrected chi connectivity index (χ4v) is 4.08. The van der Waals surface area contributed by atoms with E-state index in [0.29, 0.717) is 40.6 Å². The number of carbonyl (C=O) groups is 1.